The van der Waals surface area contributed by atoms with Crippen LogP contribution < -0.4 is 0 Å². The van der Waals surface area contributed by atoms with E-state index in [-0.39, 0.29) is 0 Å². The van der Waals surface area contributed by atoms with E-state index in [1.54, 1.807) is 0 Å². The first kappa shape index (κ1) is 9.78. The van der Waals surface area contributed by atoms with Crippen molar-refractivity contribution in [2.45, 2.75) is 13.0 Å². The van der Waals surface area contributed by atoms with Gasteiger partial charge in [0.25, 0.3) is 0 Å². The Balaban J connectivity index is 2.21. The number of allylic oxidation sites excluding steroid dienone is 2. The van der Waals surface area contributed by atoms with E-state index in [0.29, 0.717) is 0 Å². The summed E-state index contributed by atoms with van der Waals surface area (Å²) in [5, 5.41) is 1.29. The molecule has 1 aromatic carbocycles. The van der Waals surface area contributed by atoms with Gasteiger partial charge in [-0.1, -0.05) is 43.0 Å². The van der Waals surface area contributed by atoms with Crippen LogP contribution >= 0.6 is 0 Å². The van der Waals surface area contributed by atoms with Crippen LogP contribution in [0, 0.1) is 0 Å². The molecule has 0 N–H and O–H groups in total. The highest BCUT2D eigenvalue weighted by molar-refractivity contribution is 5.79. The number of aromatic nitrogens is 1. The summed E-state index contributed by atoms with van der Waals surface area (Å²) < 4.78 is 2.25. The predicted molar refractivity (Wildman–Crippen MR) is 65.9 cm³/mol. The maximum atomic E-state index is 3.92. The molecule has 1 aromatic heterocycles. The highest BCUT2D eigenvalue weighted by atomic mass is 14.9. The Kier molecular flexibility index (Phi) is 2.72. The summed E-state index contributed by atoms with van der Waals surface area (Å²) in [7, 11) is 0. The summed E-state index contributed by atoms with van der Waals surface area (Å²) in [6.07, 6.45) is 4.91. The Morgan fingerprint density at radius 1 is 1.27 bits per heavy atom. The van der Waals surface area contributed by atoms with Crippen LogP contribution in [-0.2, 0) is 6.54 Å². The van der Waals surface area contributed by atoms with E-state index >= 15 is 0 Å². The van der Waals surface area contributed by atoms with Crippen molar-refractivity contribution >= 4 is 10.9 Å². The number of benzene rings is 1. The van der Waals surface area contributed by atoms with Crippen LogP contribution in [0.3, 0.4) is 0 Å². The zero-order valence-electron chi connectivity index (χ0n) is 8.82. The first-order valence-electron chi connectivity index (χ1n) is 5.15. The van der Waals surface area contributed by atoms with Gasteiger partial charge in [-0.25, -0.2) is 0 Å². The smallest absolute Gasteiger partial charge is 0.0480 e. The van der Waals surface area contributed by atoms with Crippen LogP contribution in [0.25, 0.3) is 10.9 Å². The molecule has 0 saturated carbocycles. The number of aryl methyl sites for hydroxylation is 1. The fourth-order valence-corrected chi connectivity index (χ4v) is 1.70. The van der Waals surface area contributed by atoms with Crippen molar-refractivity contribution in [3.05, 3.63) is 61.3 Å². The van der Waals surface area contributed by atoms with Crippen molar-refractivity contribution in [1.29, 1.82) is 0 Å². The van der Waals surface area contributed by atoms with Crippen LogP contribution in [0.1, 0.15) is 6.42 Å². The largest absolute Gasteiger partial charge is 0.347 e. The molecule has 76 valence electrons. The van der Waals surface area contributed by atoms with Crippen molar-refractivity contribution in [3.63, 3.8) is 0 Å². The SMILES string of the molecule is C=CC(=C)CCn1ccc2ccccc21. The summed E-state index contributed by atoms with van der Waals surface area (Å²) >= 11 is 0. The van der Waals surface area contributed by atoms with Gasteiger partial charge in [-0.05, 0) is 23.9 Å². The van der Waals surface area contributed by atoms with E-state index in [0.717, 1.165) is 18.5 Å². The standard InChI is InChI=1S/C14H15N/c1-3-12(2)8-10-15-11-9-13-6-4-5-7-14(13)15/h3-7,9,11H,1-2,8,10H2. The van der Waals surface area contributed by atoms with Gasteiger partial charge < -0.3 is 4.57 Å². The second kappa shape index (κ2) is 4.18. The Morgan fingerprint density at radius 3 is 2.87 bits per heavy atom. The molecule has 0 spiro atoms. The van der Waals surface area contributed by atoms with Crippen molar-refractivity contribution in [3.8, 4) is 0 Å². The number of para-hydroxylation sites is 1. The minimum atomic E-state index is 0.960. The van der Waals surface area contributed by atoms with Gasteiger partial charge in [0, 0.05) is 18.3 Å². The highest BCUT2D eigenvalue weighted by Gasteiger charge is 1.99. The number of hydrogen-bond acceptors (Lipinski definition) is 0. The van der Waals surface area contributed by atoms with E-state index in [1.165, 1.54) is 10.9 Å². The monoisotopic (exact) mass is 197 g/mol. The highest BCUT2D eigenvalue weighted by Crippen LogP contribution is 2.16. The van der Waals surface area contributed by atoms with Gasteiger partial charge in [-0.2, -0.15) is 0 Å². The molecule has 1 heterocycles. The summed E-state index contributed by atoms with van der Waals surface area (Å²) in [5.41, 5.74) is 2.38. The van der Waals surface area contributed by atoms with Crippen LogP contribution in [-0.4, -0.2) is 4.57 Å². The average molecular weight is 197 g/mol. The maximum Gasteiger partial charge on any atom is 0.0480 e. The van der Waals surface area contributed by atoms with E-state index in [1.807, 2.05) is 6.08 Å². The zero-order chi connectivity index (χ0) is 10.7. The number of hydrogen-bond donors (Lipinski definition) is 0. The Hall–Kier alpha value is -1.76. The van der Waals surface area contributed by atoms with E-state index in [4.69, 9.17) is 0 Å². The molecule has 1 heteroatoms. The van der Waals surface area contributed by atoms with Gasteiger partial charge in [0.1, 0.15) is 0 Å². The molecule has 2 rings (SSSR count). The fourth-order valence-electron chi connectivity index (χ4n) is 1.70. The lowest BCUT2D eigenvalue weighted by Crippen LogP contribution is -1.95. The van der Waals surface area contributed by atoms with Gasteiger partial charge in [0.05, 0.1) is 0 Å². The maximum absolute atomic E-state index is 3.92. The molecule has 0 saturated heterocycles. The Bertz CT molecular complexity index is 491. The van der Waals surface area contributed by atoms with Gasteiger partial charge >= 0.3 is 0 Å². The number of fused-ring (bicyclic) bond motifs is 1. The minimum absolute atomic E-state index is 0.960. The Morgan fingerprint density at radius 2 is 2.07 bits per heavy atom. The van der Waals surface area contributed by atoms with Crippen molar-refractivity contribution < 1.29 is 0 Å². The molecule has 1 nitrogen and oxygen atoms in total. The summed E-state index contributed by atoms with van der Waals surface area (Å²) in [5.74, 6) is 0. The zero-order valence-corrected chi connectivity index (χ0v) is 8.82. The second-order valence-electron chi connectivity index (χ2n) is 3.68. The quantitative estimate of drug-likeness (QED) is 0.657. The number of nitrogens with zero attached hydrogens (tertiary/aromatic N) is 1. The molecule has 0 amide bonds. The van der Waals surface area contributed by atoms with Crippen molar-refractivity contribution in [2.75, 3.05) is 0 Å². The molecule has 15 heavy (non-hydrogen) atoms. The molecule has 0 aliphatic rings. The van der Waals surface area contributed by atoms with Crippen molar-refractivity contribution in [2.24, 2.45) is 0 Å². The molecule has 0 aliphatic carbocycles. The minimum Gasteiger partial charge on any atom is -0.347 e. The molecule has 0 radical (unpaired) electrons. The lowest BCUT2D eigenvalue weighted by molar-refractivity contribution is 0.726. The first-order valence-corrected chi connectivity index (χ1v) is 5.15. The summed E-state index contributed by atoms with van der Waals surface area (Å²) in [4.78, 5) is 0. The third-order valence-electron chi connectivity index (χ3n) is 2.64. The molecule has 0 atom stereocenters. The van der Waals surface area contributed by atoms with Gasteiger partial charge in [0.15, 0.2) is 0 Å². The molecule has 0 bridgehead atoms. The van der Waals surface area contributed by atoms with Crippen LogP contribution in [0.15, 0.2) is 61.3 Å². The van der Waals surface area contributed by atoms with E-state index < -0.39 is 0 Å². The summed E-state index contributed by atoms with van der Waals surface area (Å²) in [6, 6.07) is 10.6. The molecular weight excluding hydrogens is 182 g/mol. The van der Waals surface area contributed by atoms with Gasteiger partial charge in [0.2, 0.25) is 0 Å². The van der Waals surface area contributed by atoms with Gasteiger partial charge in [-0.15, -0.1) is 0 Å². The third-order valence-corrected chi connectivity index (χ3v) is 2.64. The normalized spacial score (nSPS) is 10.4. The molecule has 0 fully saturated rings. The van der Waals surface area contributed by atoms with Crippen molar-refractivity contribution in [1.82, 2.24) is 4.57 Å². The average Bonchev–Trinajstić information content (AvgIpc) is 2.69. The van der Waals surface area contributed by atoms with E-state index in [9.17, 15) is 0 Å². The number of rotatable bonds is 4. The lowest BCUT2D eigenvalue weighted by Gasteiger charge is -2.04. The first-order chi connectivity index (χ1) is 7.31. The topological polar surface area (TPSA) is 4.93 Å². The van der Waals surface area contributed by atoms with Gasteiger partial charge in [-0.3, -0.25) is 0 Å². The van der Waals surface area contributed by atoms with Crippen LogP contribution in [0.5, 0.6) is 0 Å². The fraction of sp³-hybridized carbons (Fsp3) is 0.143. The third kappa shape index (κ3) is 2.01. The second-order valence-corrected chi connectivity index (χ2v) is 3.68. The predicted octanol–water partition coefficient (Wildman–Crippen LogP) is 3.77. The molecule has 2 aromatic rings. The Labute approximate surface area is 90.3 Å². The molecular formula is C14H15N. The van der Waals surface area contributed by atoms with E-state index in [2.05, 4.69) is 54.3 Å². The lowest BCUT2D eigenvalue weighted by atomic mass is 10.2. The molecule has 0 aliphatic heterocycles. The van der Waals surface area contributed by atoms with Crippen LogP contribution in [0.2, 0.25) is 0 Å². The summed E-state index contributed by atoms with van der Waals surface area (Å²) in [6.45, 7) is 8.61. The molecule has 0 unspecified atom stereocenters. The van der Waals surface area contributed by atoms with Crippen LogP contribution in [0.4, 0.5) is 0 Å².